The number of nitrogens with one attached hydrogen (secondary N) is 2. The van der Waals surface area contributed by atoms with Crippen molar-refractivity contribution in [1.82, 2.24) is 9.97 Å². The maximum Gasteiger partial charge on any atom is 0.226 e. The van der Waals surface area contributed by atoms with Crippen LogP contribution in [0.1, 0.15) is 22.8 Å². The Morgan fingerprint density at radius 3 is 3.17 bits per heavy atom. The highest BCUT2D eigenvalue weighted by atomic mass is 32.1. The van der Waals surface area contributed by atoms with E-state index in [1.807, 2.05) is 25.4 Å². The van der Waals surface area contributed by atoms with Crippen molar-refractivity contribution in [1.29, 1.82) is 0 Å². The molecule has 2 aromatic rings. The highest BCUT2D eigenvalue weighted by molar-refractivity contribution is 7.16. The molecule has 92 valence electrons. The largest absolute Gasteiger partial charge is 0.365 e. The molecule has 0 radical (unpaired) electrons. The van der Waals surface area contributed by atoms with E-state index in [2.05, 4.69) is 20.6 Å². The first-order valence-electron chi connectivity index (χ1n) is 5.66. The van der Waals surface area contributed by atoms with Gasteiger partial charge in [-0.1, -0.05) is 17.4 Å². The molecule has 0 aliphatic carbocycles. The van der Waals surface area contributed by atoms with Crippen LogP contribution in [0.3, 0.4) is 0 Å². The molecule has 3 rings (SSSR count). The van der Waals surface area contributed by atoms with Crippen molar-refractivity contribution >= 4 is 28.2 Å². The van der Waals surface area contributed by atoms with Crippen LogP contribution in [-0.2, 0) is 4.79 Å². The normalized spacial score (nSPS) is 18.1. The average Bonchev–Trinajstić information content (AvgIpc) is 2.81. The van der Waals surface area contributed by atoms with Gasteiger partial charge in [0.2, 0.25) is 5.91 Å². The number of thiazole rings is 1. The number of hydrogen-bond donors (Lipinski definition) is 2. The lowest BCUT2D eigenvalue weighted by molar-refractivity contribution is -0.116. The van der Waals surface area contributed by atoms with Crippen LogP contribution in [0.2, 0.25) is 0 Å². The number of pyridine rings is 1. The zero-order valence-corrected chi connectivity index (χ0v) is 10.6. The molecule has 0 unspecified atom stereocenters. The lowest BCUT2D eigenvalue weighted by Gasteiger charge is -2.21. The van der Waals surface area contributed by atoms with E-state index in [4.69, 9.17) is 0 Å². The van der Waals surface area contributed by atoms with Gasteiger partial charge in [-0.25, -0.2) is 4.98 Å². The van der Waals surface area contributed by atoms with E-state index in [0.717, 1.165) is 15.6 Å². The van der Waals surface area contributed by atoms with Crippen LogP contribution < -0.4 is 10.6 Å². The van der Waals surface area contributed by atoms with E-state index >= 15 is 0 Å². The Morgan fingerprint density at radius 1 is 1.56 bits per heavy atom. The second kappa shape index (κ2) is 4.38. The third-order valence-electron chi connectivity index (χ3n) is 2.92. The first-order valence-corrected chi connectivity index (χ1v) is 6.48. The second-order valence-electron chi connectivity index (χ2n) is 4.07. The molecule has 0 spiro atoms. The SMILES string of the molecule is CNc1nc2c(s1)[C@@H](c1cccnc1)CC(=O)N2. The number of amides is 1. The smallest absolute Gasteiger partial charge is 0.226 e. The number of carbonyl (C=O) groups excluding carboxylic acids is 1. The fourth-order valence-electron chi connectivity index (χ4n) is 2.08. The molecule has 5 nitrogen and oxygen atoms in total. The lowest BCUT2D eigenvalue weighted by Crippen LogP contribution is -2.22. The van der Waals surface area contributed by atoms with Crippen LogP contribution in [0.25, 0.3) is 0 Å². The highest BCUT2D eigenvalue weighted by Crippen LogP contribution is 2.41. The minimum absolute atomic E-state index is 0.00399. The molecule has 3 heterocycles. The van der Waals surface area contributed by atoms with E-state index in [0.29, 0.717) is 12.2 Å². The van der Waals surface area contributed by atoms with Crippen molar-refractivity contribution in [3.8, 4) is 0 Å². The second-order valence-corrected chi connectivity index (χ2v) is 5.10. The molecule has 1 aliphatic heterocycles. The number of carbonyl (C=O) groups is 1. The van der Waals surface area contributed by atoms with Crippen LogP contribution >= 0.6 is 11.3 Å². The van der Waals surface area contributed by atoms with Gasteiger partial charge in [0.15, 0.2) is 5.13 Å². The fourth-order valence-corrected chi connectivity index (χ4v) is 3.08. The van der Waals surface area contributed by atoms with Crippen LogP contribution in [-0.4, -0.2) is 22.9 Å². The van der Waals surface area contributed by atoms with Crippen LogP contribution in [0.5, 0.6) is 0 Å². The van der Waals surface area contributed by atoms with Gasteiger partial charge in [0.05, 0.1) is 4.88 Å². The van der Waals surface area contributed by atoms with Crippen molar-refractivity contribution in [3.05, 3.63) is 35.0 Å². The molecular formula is C12H12N4OS. The summed E-state index contributed by atoms with van der Waals surface area (Å²) >= 11 is 1.58. The quantitative estimate of drug-likeness (QED) is 0.867. The van der Waals surface area contributed by atoms with Gasteiger partial charge in [-0.3, -0.25) is 9.78 Å². The van der Waals surface area contributed by atoms with Crippen molar-refractivity contribution in [2.24, 2.45) is 0 Å². The summed E-state index contributed by atoms with van der Waals surface area (Å²) in [5, 5.41) is 6.64. The molecule has 6 heteroatoms. The Bertz CT molecular complexity index is 581. The Balaban J connectivity index is 2.07. The molecule has 0 aromatic carbocycles. The van der Waals surface area contributed by atoms with Crippen molar-refractivity contribution in [2.45, 2.75) is 12.3 Å². The van der Waals surface area contributed by atoms with Gasteiger partial charge in [-0.05, 0) is 11.6 Å². The molecule has 1 aliphatic rings. The molecule has 2 aromatic heterocycles. The molecule has 1 amide bonds. The summed E-state index contributed by atoms with van der Waals surface area (Å²) in [7, 11) is 1.82. The van der Waals surface area contributed by atoms with E-state index < -0.39 is 0 Å². The molecule has 0 saturated heterocycles. The predicted molar refractivity (Wildman–Crippen MR) is 71.0 cm³/mol. The number of hydrogen-bond acceptors (Lipinski definition) is 5. The lowest BCUT2D eigenvalue weighted by atomic mass is 9.93. The number of fused-ring (bicyclic) bond motifs is 1. The first-order chi connectivity index (χ1) is 8.78. The third kappa shape index (κ3) is 1.84. The van der Waals surface area contributed by atoms with Gasteiger partial charge in [-0.2, -0.15) is 0 Å². The standard InChI is InChI=1S/C12H12N4OS/c1-13-12-16-11-10(18-12)8(5-9(17)15-11)7-3-2-4-14-6-7/h2-4,6,8H,5H2,1H3,(H,13,16)(H,15,17)/t8-/m1/s1. The zero-order valence-electron chi connectivity index (χ0n) is 9.80. The van der Waals surface area contributed by atoms with Gasteiger partial charge >= 0.3 is 0 Å². The number of rotatable bonds is 2. The molecular weight excluding hydrogens is 248 g/mol. The van der Waals surface area contributed by atoms with Gasteiger partial charge in [0.25, 0.3) is 0 Å². The zero-order chi connectivity index (χ0) is 12.5. The van der Waals surface area contributed by atoms with Crippen LogP contribution in [0, 0.1) is 0 Å². The fraction of sp³-hybridized carbons (Fsp3) is 0.250. The van der Waals surface area contributed by atoms with Gasteiger partial charge in [-0.15, -0.1) is 0 Å². The molecule has 1 atom stereocenters. The summed E-state index contributed by atoms with van der Waals surface area (Å²) in [5.41, 5.74) is 1.06. The van der Waals surface area contributed by atoms with Crippen molar-refractivity contribution in [3.63, 3.8) is 0 Å². The van der Waals surface area contributed by atoms with Gasteiger partial charge in [0, 0.05) is 31.8 Å². The number of anilines is 2. The van der Waals surface area contributed by atoms with Gasteiger partial charge < -0.3 is 10.6 Å². The molecule has 2 N–H and O–H groups in total. The highest BCUT2D eigenvalue weighted by Gasteiger charge is 2.30. The minimum atomic E-state index is 0.00399. The summed E-state index contributed by atoms with van der Waals surface area (Å²) in [4.78, 5) is 21.3. The van der Waals surface area contributed by atoms with E-state index in [1.54, 1.807) is 17.5 Å². The monoisotopic (exact) mass is 260 g/mol. The molecule has 18 heavy (non-hydrogen) atoms. The number of nitrogens with zero attached hydrogens (tertiary/aromatic N) is 2. The first kappa shape index (κ1) is 11.2. The molecule has 0 fully saturated rings. The summed E-state index contributed by atoms with van der Waals surface area (Å²) in [6, 6.07) is 3.89. The Hall–Kier alpha value is -1.95. The summed E-state index contributed by atoms with van der Waals surface area (Å²) < 4.78 is 0. The van der Waals surface area contributed by atoms with Crippen LogP contribution in [0.4, 0.5) is 10.9 Å². The summed E-state index contributed by atoms with van der Waals surface area (Å²) in [5.74, 6) is 0.737. The van der Waals surface area contributed by atoms with E-state index in [-0.39, 0.29) is 11.8 Å². The molecule has 0 saturated carbocycles. The Labute approximate surface area is 108 Å². The van der Waals surface area contributed by atoms with Crippen molar-refractivity contribution in [2.75, 3.05) is 17.7 Å². The van der Waals surface area contributed by atoms with Crippen LogP contribution in [0.15, 0.2) is 24.5 Å². The van der Waals surface area contributed by atoms with Crippen molar-refractivity contribution < 1.29 is 4.79 Å². The maximum atomic E-state index is 11.7. The Morgan fingerprint density at radius 2 is 2.44 bits per heavy atom. The van der Waals surface area contributed by atoms with E-state index in [9.17, 15) is 4.79 Å². The summed E-state index contributed by atoms with van der Waals surface area (Å²) in [6.45, 7) is 0. The molecule has 0 bridgehead atoms. The topological polar surface area (TPSA) is 66.9 Å². The Kier molecular flexibility index (Phi) is 2.71. The predicted octanol–water partition coefficient (Wildman–Crippen LogP) is 2.05. The average molecular weight is 260 g/mol. The summed E-state index contributed by atoms with van der Waals surface area (Å²) in [6.07, 6.45) is 3.99. The maximum absolute atomic E-state index is 11.7. The minimum Gasteiger partial charge on any atom is -0.365 e. The number of aromatic nitrogens is 2. The van der Waals surface area contributed by atoms with E-state index in [1.165, 1.54) is 0 Å². The van der Waals surface area contributed by atoms with Gasteiger partial charge in [0.1, 0.15) is 5.82 Å². The third-order valence-corrected chi connectivity index (χ3v) is 4.10.